The summed E-state index contributed by atoms with van der Waals surface area (Å²) in [5.74, 6) is 0.0293. The summed E-state index contributed by atoms with van der Waals surface area (Å²) >= 11 is 3.68. The monoisotopic (exact) mass is 351 g/mol. The van der Waals surface area contributed by atoms with Crippen LogP contribution in [0.5, 0.6) is 0 Å². The smallest absolute Gasteiger partial charge is 0.0671 e. The van der Waals surface area contributed by atoms with E-state index < -0.39 is 0 Å². The van der Waals surface area contributed by atoms with Gasteiger partial charge in [-0.25, -0.2) is 0 Å². The van der Waals surface area contributed by atoms with Gasteiger partial charge in [-0.1, -0.05) is 13.0 Å². The molecule has 0 spiro atoms. The molecule has 0 radical (unpaired) electrons. The lowest BCUT2D eigenvalue weighted by atomic mass is 10.1. The molecule has 3 nitrogen and oxygen atoms in total. The van der Waals surface area contributed by atoms with Gasteiger partial charge in [0.25, 0.3) is 0 Å². The Morgan fingerprint density at radius 3 is 2.57 bits per heavy atom. The summed E-state index contributed by atoms with van der Waals surface area (Å²) in [6, 6.07) is 9.16. The summed E-state index contributed by atoms with van der Waals surface area (Å²) in [7, 11) is 0. The van der Waals surface area contributed by atoms with Gasteiger partial charge in [-0.15, -0.1) is 0 Å². The molecule has 4 heteroatoms. The van der Waals surface area contributed by atoms with Crippen LogP contribution in [0.4, 0.5) is 5.69 Å². The SMILES string of the molecule is CCCNC(C)c1ccc(N(CC)CC(C)C#N)c(Br)c1. The van der Waals surface area contributed by atoms with Gasteiger partial charge >= 0.3 is 0 Å². The van der Waals surface area contributed by atoms with Crippen LogP contribution in [0.3, 0.4) is 0 Å². The van der Waals surface area contributed by atoms with E-state index in [9.17, 15) is 0 Å². The van der Waals surface area contributed by atoms with Crippen molar-refractivity contribution in [2.45, 2.75) is 40.2 Å². The van der Waals surface area contributed by atoms with Gasteiger partial charge in [0, 0.05) is 23.6 Å². The number of rotatable bonds is 8. The lowest BCUT2D eigenvalue weighted by Crippen LogP contribution is -2.28. The first-order chi connectivity index (χ1) is 10.0. The molecule has 0 aliphatic rings. The highest BCUT2D eigenvalue weighted by atomic mass is 79.9. The van der Waals surface area contributed by atoms with Gasteiger partial charge in [0.05, 0.1) is 17.7 Å². The second-order valence-corrected chi connectivity index (χ2v) is 6.31. The highest BCUT2D eigenvalue weighted by molar-refractivity contribution is 9.10. The minimum absolute atomic E-state index is 0.0293. The van der Waals surface area contributed by atoms with E-state index in [0.717, 1.165) is 36.2 Å². The van der Waals surface area contributed by atoms with Gasteiger partial charge in [0.2, 0.25) is 0 Å². The Morgan fingerprint density at radius 1 is 1.33 bits per heavy atom. The summed E-state index contributed by atoms with van der Waals surface area (Å²) in [6.45, 7) is 11.1. The molecular weight excluding hydrogens is 326 g/mol. The van der Waals surface area contributed by atoms with Gasteiger partial charge in [-0.3, -0.25) is 0 Å². The Labute approximate surface area is 137 Å². The second-order valence-electron chi connectivity index (χ2n) is 5.46. The quantitative estimate of drug-likeness (QED) is 0.749. The maximum Gasteiger partial charge on any atom is 0.0671 e. The van der Waals surface area contributed by atoms with E-state index >= 15 is 0 Å². The highest BCUT2D eigenvalue weighted by Gasteiger charge is 2.13. The van der Waals surface area contributed by atoms with Gasteiger partial charge in [0.1, 0.15) is 0 Å². The first-order valence-electron chi connectivity index (χ1n) is 7.70. The van der Waals surface area contributed by atoms with E-state index in [1.54, 1.807) is 0 Å². The summed E-state index contributed by atoms with van der Waals surface area (Å²) < 4.78 is 1.09. The van der Waals surface area contributed by atoms with Crippen molar-refractivity contribution < 1.29 is 0 Å². The van der Waals surface area contributed by atoms with E-state index in [2.05, 4.69) is 71.2 Å². The van der Waals surface area contributed by atoms with Crippen LogP contribution in [-0.2, 0) is 0 Å². The zero-order chi connectivity index (χ0) is 15.8. The van der Waals surface area contributed by atoms with E-state index in [1.165, 1.54) is 5.56 Å². The topological polar surface area (TPSA) is 39.1 Å². The van der Waals surface area contributed by atoms with Crippen LogP contribution in [0.2, 0.25) is 0 Å². The van der Waals surface area contributed by atoms with Crippen molar-refractivity contribution >= 4 is 21.6 Å². The Bertz CT molecular complexity index is 481. The third-order valence-electron chi connectivity index (χ3n) is 3.61. The molecule has 0 saturated carbocycles. The normalized spacial score (nSPS) is 13.5. The third-order valence-corrected chi connectivity index (χ3v) is 4.24. The molecule has 116 valence electrons. The molecule has 0 aliphatic carbocycles. The first-order valence-corrected chi connectivity index (χ1v) is 8.50. The molecule has 0 fully saturated rings. The Morgan fingerprint density at radius 2 is 2.05 bits per heavy atom. The maximum atomic E-state index is 9.00. The maximum absolute atomic E-state index is 9.00. The molecule has 1 aromatic rings. The molecule has 1 rings (SSSR count). The van der Waals surface area contributed by atoms with E-state index in [-0.39, 0.29) is 5.92 Å². The summed E-state index contributed by atoms with van der Waals surface area (Å²) in [6.07, 6.45) is 1.14. The van der Waals surface area contributed by atoms with Crippen LogP contribution < -0.4 is 10.2 Å². The first kappa shape index (κ1) is 18.0. The van der Waals surface area contributed by atoms with E-state index in [1.807, 2.05) is 6.92 Å². The zero-order valence-corrected chi connectivity index (χ0v) is 15.1. The molecule has 0 amide bonds. The van der Waals surface area contributed by atoms with Crippen LogP contribution in [0.1, 0.15) is 45.7 Å². The fourth-order valence-corrected chi connectivity index (χ4v) is 2.94. The number of nitriles is 1. The van der Waals surface area contributed by atoms with Crippen molar-refractivity contribution in [1.82, 2.24) is 5.32 Å². The summed E-state index contributed by atoms with van der Waals surface area (Å²) in [5, 5.41) is 12.5. The molecule has 0 heterocycles. The van der Waals surface area contributed by atoms with Gasteiger partial charge in [0.15, 0.2) is 0 Å². The number of hydrogen-bond acceptors (Lipinski definition) is 3. The number of benzene rings is 1. The van der Waals surface area contributed by atoms with Gasteiger partial charge in [-0.05, 0) is 67.4 Å². The van der Waals surface area contributed by atoms with Crippen LogP contribution in [0, 0.1) is 17.2 Å². The van der Waals surface area contributed by atoms with Gasteiger partial charge < -0.3 is 10.2 Å². The predicted octanol–water partition coefficient (Wildman–Crippen LogP) is 4.50. The van der Waals surface area contributed by atoms with E-state index in [0.29, 0.717) is 6.04 Å². The molecular formula is C17H26BrN3. The van der Waals surface area contributed by atoms with Crippen LogP contribution in [-0.4, -0.2) is 19.6 Å². The molecule has 2 unspecified atom stereocenters. The van der Waals surface area contributed by atoms with Crippen molar-refractivity contribution in [2.75, 3.05) is 24.5 Å². The van der Waals surface area contributed by atoms with Crippen molar-refractivity contribution in [3.8, 4) is 6.07 Å². The fourth-order valence-electron chi connectivity index (χ4n) is 2.30. The minimum Gasteiger partial charge on any atom is -0.370 e. The van der Waals surface area contributed by atoms with Crippen LogP contribution in [0.15, 0.2) is 22.7 Å². The predicted molar refractivity (Wildman–Crippen MR) is 93.5 cm³/mol. The fraction of sp³-hybridized carbons (Fsp3) is 0.588. The van der Waals surface area contributed by atoms with Crippen molar-refractivity contribution in [1.29, 1.82) is 5.26 Å². The summed E-state index contributed by atoms with van der Waals surface area (Å²) in [4.78, 5) is 2.24. The zero-order valence-electron chi connectivity index (χ0n) is 13.5. The molecule has 0 saturated heterocycles. The summed E-state index contributed by atoms with van der Waals surface area (Å²) in [5.41, 5.74) is 2.44. The molecule has 2 atom stereocenters. The van der Waals surface area contributed by atoms with Crippen LogP contribution >= 0.6 is 15.9 Å². The standard InChI is InChI=1S/C17H26BrN3/c1-5-9-20-14(4)15-7-8-17(16(18)10-15)21(6-2)12-13(3)11-19/h7-8,10,13-14,20H,5-6,9,12H2,1-4H3. The number of nitrogens with zero attached hydrogens (tertiary/aromatic N) is 2. The molecule has 1 aromatic carbocycles. The minimum atomic E-state index is 0.0293. The van der Waals surface area contributed by atoms with Gasteiger partial charge in [-0.2, -0.15) is 5.26 Å². The second kappa shape index (κ2) is 9.07. The molecule has 0 bridgehead atoms. The number of hydrogen-bond donors (Lipinski definition) is 1. The molecule has 0 aromatic heterocycles. The van der Waals surface area contributed by atoms with Crippen LogP contribution in [0.25, 0.3) is 0 Å². The average molecular weight is 352 g/mol. The van der Waals surface area contributed by atoms with Crippen molar-refractivity contribution in [3.63, 3.8) is 0 Å². The highest BCUT2D eigenvalue weighted by Crippen LogP contribution is 2.30. The van der Waals surface area contributed by atoms with E-state index in [4.69, 9.17) is 5.26 Å². The Balaban J connectivity index is 2.88. The largest absolute Gasteiger partial charge is 0.370 e. The Hall–Kier alpha value is -1.05. The molecule has 21 heavy (non-hydrogen) atoms. The average Bonchev–Trinajstić information content (AvgIpc) is 2.50. The number of nitrogens with one attached hydrogen (secondary N) is 1. The molecule has 0 aliphatic heterocycles. The third kappa shape index (κ3) is 5.33. The Kier molecular flexibility index (Phi) is 7.77. The lowest BCUT2D eigenvalue weighted by Gasteiger charge is -2.26. The number of anilines is 1. The molecule has 1 N–H and O–H groups in total. The van der Waals surface area contributed by atoms with Crippen molar-refractivity contribution in [2.24, 2.45) is 5.92 Å². The van der Waals surface area contributed by atoms with Crippen molar-refractivity contribution in [3.05, 3.63) is 28.2 Å². The lowest BCUT2D eigenvalue weighted by molar-refractivity contribution is 0.570. The number of halogens is 1.